The first-order valence-electron chi connectivity index (χ1n) is 11.0. The molecule has 0 spiro atoms. The number of carbonyl (C=O) groups excluding carboxylic acids is 2. The van der Waals surface area contributed by atoms with Gasteiger partial charge in [-0.15, -0.1) is 0 Å². The summed E-state index contributed by atoms with van der Waals surface area (Å²) in [5.41, 5.74) is 1.19. The Morgan fingerprint density at radius 1 is 1.00 bits per heavy atom. The zero-order valence-corrected chi connectivity index (χ0v) is 20.0. The molecule has 0 aliphatic carbocycles. The SMILES string of the molecule is CCOc1ccc(C(=O)OC(C)C(=O)Nc2c(C)n(C)n(-c3ccccc3)c2=O)cc1OCC. The summed E-state index contributed by atoms with van der Waals surface area (Å²) in [6, 6.07) is 13.8. The molecule has 0 saturated heterocycles. The molecule has 9 nitrogen and oxygen atoms in total. The molecule has 1 heterocycles. The topological polar surface area (TPSA) is 101 Å². The van der Waals surface area contributed by atoms with Crippen LogP contribution in [0.1, 0.15) is 36.8 Å². The molecule has 0 aliphatic heterocycles. The van der Waals surface area contributed by atoms with Crippen LogP contribution in [0.5, 0.6) is 11.5 Å². The third-order valence-electron chi connectivity index (χ3n) is 5.23. The van der Waals surface area contributed by atoms with E-state index in [9.17, 15) is 14.4 Å². The van der Waals surface area contributed by atoms with Gasteiger partial charge in [-0.3, -0.25) is 14.3 Å². The summed E-state index contributed by atoms with van der Waals surface area (Å²) >= 11 is 0. The molecule has 1 unspecified atom stereocenters. The van der Waals surface area contributed by atoms with E-state index in [1.165, 1.54) is 17.7 Å². The maximum atomic E-state index is 13.0. The molecule has 1 N–H and O–H groups in total. The van der Waals surface area contributed by atoms with Crippen LogP contribution in [0, 0.1) is 6.92 Å². The highest BCUT2D eigenvalue weighted by molar-refractivity contribution is 5.97. The number of ether oxygens (including phenoxy) is 3. The zero-order valence-electron chi connectivity index (χ0n) is 20.0. The fourth-order valence-electron chi connectivity index (χ4n) is 3.40. The van der Waals surface area contributed by atoms with Gasteiger partial charge in [-0.25, -0.2) is 9.48 Å². The molecule has 1 atom stereocenters. The van der Waals surface area contributed by atoms with Crippen molar-refractivity contribution in [3.05, 3.63) is 70.1 Å². The molecule has 9 heteroatoms. The van der Waals surface area contributed by atoms with Crippen molar-refractivity contribution in [2.24, 2.45) is 7.05 Å². The summed E-state index contributed by atoms with van der Waals surface area (Å²) in [6.07, 6.45) is -1.14. The first-order chi connectivity index (χ1) is 16.3. The standard InChI is InChI=1S/C25H29N3O6/c1-6-32-20-14-13-18(15-21(20)33-7-2)25(31)34-17(4)23(29)26-22-16(3)27(5)28(24(22)30)19-11-9-8-10-12-19/h8-15,17H,6-7H2,1-5H3,(H,26,29). The molecular formula is C25H29N3O6. The van der Waals surface area contributed by atoms with Gasteiger partial charge >= 0.3 is 5.97 Å². The van der Waals surface area contributed by atoms with E-state index in [1.54, 1.807) is 42.9 Å². The summed E-state index contributed by atoms with van der Waals surface area (Å²) in [5, 5.41) is 2.61. The van der Waals surface area contributed by atoms with Crippen LogP contribution in [0.2, 0.25) is 0 Å². The van der Waals surface area contributed by atoms with Crippen molar-refractivity contribution in [1.82, 2.24) is 9.36 Å². The molecule has 3 rings (SSSR count). The molecule has 180 valence electrons. The van der Waals surface area contributed by atoms with E-state index in [0.717, 1.165) is 0 Å². The molecule has 0 aliphatic rings. The number of amides is 1. The number of rotatable bonds is 9. The lowest BCUT2D eigenvalue weighted by Gasteiger charge is -2.15. The first-order valence-corrected chi connectivity index (χ1v) is 11.0. The third kappa shape index (κ3) is 5.14. The lowest BCUT2D eigenvalue weighted by Crippen LogP contribution is -2.32. The number of nitrogens with one attached hydrogen (secondary N) is 1. The second kappa shape index (κ2) is 10.7. The van der Waals surface area contributed by atoms with E-state index in [0.29, 0.717) is 36.1 Å². The molecule has 0 fully saturated rings. The van der Waals surface area contributed by atoms with E-state index in [-0.39, 0.29) is 16.8 Å². The van der Waals surface area contributed by atoms with Crippen LogP contribution in [-0.2, 0) is 16.6 Å². The average Bonchev–Trinajstić information content (AvgIpc) is 3.03. The van der Waals surface area contributed by atoms with Gasteiger partial charge in [0.05, 0.1) is 30.2 Å². The fraction of sp³-hybridized carbons (Fsp3) is 0.320. The molecule has 2 aromatic carbocycles. The quantitative estimate of drug-likeness (QED) is 0.484. The van der Waals surface area contributed by atoms with Crippen LogP contribution in [0.25, 0.3) is 5.69 Å². The summed E-state index contributed by atoms with van der Waals surface area (Å²) in [6.45, 7) is 7.69. The number of benzene rings is 2. The normalized spacial score (nSPS) is 11.6. The smallest absolute Gasteiger partial charge is 0.339 e. The highest BCUT2D eigenvalue weighted by Gasteiger charge is 2.24. The number of anilines is 1. The molecular weight excluding hydrogens is 438 g/mol. The van der Waals surface area contributed by atoms with Gasteiger partial charge in [-0.05, 0) is 58.0 Å². The Labute approximate surface area is 197 Å². The minimum atomic E-state index is -1.14. The second-order valence-electron chi connectivity index (χ2n) is 7.50. The van der Waals surface area contributed by atoms with Crippen molar-refractivity contribution in [3.8, 4) is 17.2 Å². The van der Waals surface area contributed by atoms with Gasteiger partial charge in [0.1, 0.15) is 5.69 Å². The third-order valence-corrected chi connectivity index (χ3v) is 5.23. The predicted octanol–water partition coefficient (Wildman–Crippen LogP) is 3.47. The average molecular weight is 468 g/mol. The van der Waals surface area contributed by atoms with Crippen LogP contribution in [-0.4, -0.2) is 40.6 Å². The zero-order chi connectivity index (χ0) is 24.8. The van der Waals surface area contributed by atoms with Crippen LogP contribution in [0.3, 0.4) is 0 Å². The van der Waals surface area contributed by atoms with Crippen LogP contribution >= 0.6 is 0 Å². The van der Waals surface area contributed by atoms with E-state index in [1.807, 2.05) is 32.0 Å². The molecule has 1 aromatic heterocycles. The van der Waals surface area contributed by atoms with Gasteiger partial charge < -0.3 is 19.5 Å². The van der Waals surface area contributed by atoms with E-state index < -0.39 is 18.0 Å². The Bertz CT molecular complexity index is 1230. The fourth-order valence-corrected chi connectivity index (χ4v) is 3.40. The van der Waals surface area contributed by atoms with E-state index in [4.69, 9.17) is 14.2 Å². The Morgan fingerprint density at radius 3 is 2.29 bits per heavy atom. The number of hydrogen-bond acceptors (Lipinski definition) is 6. The number of carbonyl (C=O) groups is 2. The van der Waals surface area contributed by atoms with Crippen LogP contribution < -0.4 is 20.3 Å². The summed E-state index contributed by atoms with van der Waals surface area (Å²) in [4.78, 5) is 38.4. The first kappa shape index (κ1) is 24.6. The summed E-state index contributed by atoms with van der Waals surface area (Å²) in [7, 11) is 1.73. The van der Waals surface area contributed by atoms with Crippen molar-refractivity contribution >= 4 is 17.6 Å². The van der Waals surface area contributed by atoms with Gasteiger partial charge in [-0.2, -0.15) is 0 Å². The minimum Gasteiger partial charge on any atom is -0.490 e. The maximum Gasteiger partial charge on any atom is 0.339 e. The Hall–Kier alpha value is -4.01. The predicted molar refractivity (Wildman–Crippen MR) is 128 cm³/mol. The molecule has 0 radical (unpaired) electrons. The monoisotopic (exact) mass is 467 g/mol. The van der Waals surface area contributed by atoms with Gasteiger partial charge in [-0.1, -0.05) is 18.2 Å². The van der Waals surface area contributed by atoms with Crippen molar-refractivity contribution in [2.45, 2.75) is 33.8 Å². The Morgan fingerprint density at radius 2 is 1.65 bits per heavy atom. The summed E-state index contributed by atoms with van der Waals surface area (Å²) < 4.78 is 19.5. The van der Waals surface area contributed by atoms with E-state index in [2.05, 4.69) is 5.32 Å². The highest BCUT2D eigenvalue weighted by Crippen LogP contribution is 2.29. The number of aromatic nitrogens is 2. The van der Waals surface area contributed by atoms with Crippen molar-refractivity contribution < 1.29 is 23.8 Å². The van der Waals surface area contributed by atoms with E-state index >= 15 is 0 Å². The summed E-state index contributed by atoms with van der Waals surface area (Å²) in [5.74, 6) is -0.383. The molecule has 3 aromatic rings. The number of esters is 1. The van der Waals surface area contributed by atoms with Crippen molar-refractivity contribution in [2.75, 3.05) is 18.5 Å². The molecule has 34 heavy (non-hydrogen) atoms. The van der Waals surface area contributed by atoms with Crippen LogP contribution in [0.4, 0.5) is 5.69 Å². The molecule has 0 saturated carbocycles. The van der Waals surface area contributed by atoms with Crippen LogP contribution in [0.15, 0.2) is 53.3 Å². The maximum absolute atomic E-state index is 13.0. The minimum absolute atomic E-state index is 0.124. The number of para-hydroxylation sites is 1. The number of nitrogens with zero attached hydrogens (tertiary/aromatic N) is 2. The lowest BCUT2D eigenvalue weighted by atomic mass is 10.2. The van der Waals surface area contributed by atoms with Crippen molar-refractivity contribution in [3.63, 3.8) is 0 Å². The number of hydrogen-bond donors (Lipinski definition) is 1. The molecule has 0 bridgehead atoms. The lowest BCUT2D eigenvalue weighted by molar-refractivity contribution is -0.123. The van der Waals surface area contributed by atoms with Crippen molar-refractivity contribution in [1.29, 1.82) is 0 Å². The van der Waals surface area contributed by atoms with Gasteiger partial charge in [0.2, 0.25) is 0 Å². The Balaban J connectivity index is 1.75. The molecule has 1 amide bonds. The largest absolute Gasteiger partial charge is 0.490 e. The van der Waals surface area contributed by atoms with Gasteiger partial charge in [0.25, 0.3) is 11.5 Å². The highest BCUT2D eigenvalue weighted by atomic mass is 16.5. The van der Waals surface area contributed by atoms with Gasteiger partial charge in [0, 0.05) is 7.05 Å². The second-order valence-corrected chi connectivity index (χ2v) is 7.50. The Kier molecular flexibility index (Phi) is 7.78. The van der Waals surface area contributed by atoms with Gasteiger partial charge in [0.15, 0.2) is 17.6 Å².